The first-order valence-corrected chi connectivity index (χ1v) is 9.09. The number of benzene rings is 3. The first kappa shape index (κ1) is 17.0. The molecule has 0 radical (unpaired) electrons. The Morgan fingerprint density at radius 3 is 2.62 bits per heavy atom. The molecular formula is C21H20ClN3O. The van der Waals surface area contributed by atoms with Gasteiger partial charge in [0.05, 0.1) is 0 Å². The van der Waals surface area contributed by atoms with E-state index in [-0.39, 0.29) is 18.0 Å². The largest absolute Gasteiger partial charge is 0.351 e. The van der Waals surface area contributed by atoms with Gasteiger partial charge in [-0.1, -0.05) is 66.2 Å². The van der Waals surface area contributed by atoms with Crippen LogP contribution in [0.4, 0.5) is 0 Å². The van der Waals surface area contributed by atoms with E-state index in [9.17, 15) is 4.79 Å². The summed E-state index contributed by atoms with van der Waals surface area (Å²) in [5.41, 5.74) is 8.64. The summed E-state index contributed by atoms with van der Waals surface area (Å²) in [6.07, 6.45) is 0.709. The first-order chi connectivity index (χ1) is 12.7. The summed E-state index contributed by atoms with van der Waals surface area (Å²) in [5, 5.41) is 6.11. The monoisotopic (exact) mass is 365 g/mol. The quantitative estimate of drug-likeness (QED) is 0.660. The fraction of sp³-hybridized carbons (Fsp3) is 0.190. The predicted molar refractivity (Wildman–Crippen MR) is 105 cm³/mol. The van der Waals surface area contributed by atoms with E-state index in [4.69, 9.17) is 11.6 Å². The molecule has 132 valence electrons. The molecule has 26 heavy (non-hydrogen) atoms. The standard InChI is InChI=1S/C21H20ClN3O/c22-16-10-8-14(9-11-16)13-23-21(26)20-12-19(24-25-20)18-7-3-5-15-4-1-2-6-17(15)18/h1-11,19-20,24-25H,12-13H2,(H,23,26). The molecule has 0 bridgehead atoms. The third-order valence-corrected chi connectivity index (χ3v) is 5.05. The van der Waals surface area contributed by atoms with E-state index in [1.807, 2.05) is 36.4 Å². The van der Waals surface area contributed by atoms with E-state index in [0.29, 0.717) is 18.0 Å². The summed E-state index contributed by atoms with van der Waals surface area (Å²) in [6.45, 7) is 0.493. The van der Waals surface area contributed by atoms with E-state index in [1.54, 1.807) is 0 Å². The highest BCUT2D eigenvalue weighted by Crippen LogP contribution is 2.29. The second-order valence-electron chi connectivity index (χ2n) is 6.54. The molecular weight excluding hydrogens is 346 g/mol. The second-order valence-corrected chi connectivity index (χ2v) is 6.98. The number of hydrogen-bond donors (Lipinski definition) is 3. The molecule has 4 nitrogen and oxygen atoms in total. The van der Waals surface area contributed by atoms with Gasteiger partial charge >= 0.3 is 0 Å². The molecule has 1 amide bonds. The van der Waals surface area contributed by atoms with Crippen LogP contribution in [0, 0.1) is 0 Å². The van der Waals surface area contributed by atoms with Gasteiger partial charge in [0, 0.05) is 17.6 Å². The molecule has 1 heterocycles. The van der Waals surface area contributed by atoms with Gasteiger partial charge in [-0.3, -0.25) is 4.79 Å². The molecule has 5 heteroatoms. The van der Waals surface area contributed by atoms with Gasteiger partial charge in [-0.05, 0) is 40.5 Å². The number of amides is 1. The molecule has 0 spiro atoms. The summed E-state index contributed by atoms with van der Waals surface area (Å²) < 4.78 is 0. The number of nitrogens with one attached hydrogen (secondary N) is 3. The zero-order chi connectivity index (χ0) is 17.9. The van der Waals surface area contributed by atoms with Crippen molar-refractivity contribution in [1.29, 1.82) is 0 Å². The van der Waals surface area contributed by atoms with Crippen molar-refractivity contribution in [3.05, 3.63) is 82.9 Å². The SMILES string of the molecule is O=C(NCc1ccc(Cl)cc1)C1CC(c2cccc3ccccc23)NN1. The molecule has 4 rings (SSSR count). The molecule has 0 saturated carbocycles. The number of fused-ring (bicyclic) bond motifs is 1. The Kier molecular flexibility index (Phi) is 4.89. The highest BCUT2D eigenvalue weighted by molar-refractivity contribution is 6.30. The van der Waals surface area contributed by atoms with E-state index in [2.05, 4.69) is 46.5 Å². The van der Waals surface area contributed by atoms with E-state index >= 15 is 0 Å². The van der Waals surface area contributed by atoms with Crippen LogP contribution in [0.3, 0.4) is 0 Å². The van der Waals surface area contributed by atoms with Crippen molar-refractivity contribution in [3.63, 3.8) is 0 Å². The number of hydrogen-bond acceptors (Lipinski definition) is 3. The van der Waals surface area contributed by atoms with Gasteiger partial charge in [0.2, 0.25) is 5.91 Å². The van der Waals surface area contributed by atoms with E-state index in [1.165, 1.54) is 16.3 Å². The van der Waals surface area contributed by atoms with Gasteiger partial charge in [0.15, 0.2) is 0 Å². The third-order valence-electron chi connectivity index (χ3n) is 4.80. The predicted octanol–water partition coefficient (Wildman–Crippen LogP) is 3.72. The lowest BCUT2D eigenvalue weighted by atomic mass is 9.96. The zero-order valence-corrected chi connectivity index (χ0v) is 15.0. The Morgan fingerprint density at radius 1 is 1.00 bits per heavy atom. The van der Waals surface area contributed by atoms with Gasteiger partial charge in [0.25, 0.3) is 0 Å². The number of hydrazine groups is 1. The van der Waals surface area contributed by atoms with Crippen LogP contribution in [-0.2, 0) is 11.3 Å². The molecule has 3 aromatic carbocycles. The molecule has 3 aromatic rings. The van der Waals surface area contributed by atoms with Crippen molar-refractivity contribution in [2.45, 2.75) is 25.0 Å². The van der Waals surface area contributed by atoms with E-state index in [0.717, 1.165) is 5.56 Å². The Balaban J connectivity index is 1.41. The summed E-state index contributed by atoms with van der Waals surface area (Å²) in [5.74, 6) is -0.00446. The molecule has 1 aliphatic heterocycles. The number of rotatable bonds is 4. The lowest BCUT2D eigenvalue weighted by Gasteiger charge is -2.13. The highest BCUT2D eigenvalue weighted by atomic mass is 35.5. The lowest BCUT2D eigenvalue weighted by molar-refractivity contribution is -0.123. The van der Waals surface area contributed by atoms with Crippen LogP contribution < -0.4 is 16.2 Å². The fourth-order valence-electron chi connectivity index (χ4n) is 3.40. The van der Waals surface area contributed by atoms with Crippen molar-refractivity contribution < 1.29 is 4.79 Å². The lowest BCUT2D eigenvalue weighted by Crippen LogP contribution is -2.42. The average Bonchev–Trinajstić information content (AvgIpc) is 3.17. The van der Waals surface area contributed by atoms with Crippen LogP contribution in [0.5, 0.6) is 0 Å². The Morgan fingerprint density at radius 2 is 1.77 bits per heavy atom. The summed E-state index contributed by atoms with van der Waals surface area (Å²) in [4.78, 5) is 12.5. The first-order valence-electron chi connectivity index (χ1n) is 8.71. The Hall–Kier alpha value is -2.40. The van der Waals surface area contributed by atoms with Crippen LogP contribution in [0.25, 0.3) is 10.8 Å². The van der Waals surface area contributed by atoms with Gasteiger partial charge in [-0.25, -0.2) is 10.9 Å². The van der Waals surface area contributed by atoms with Crippen molar-refractivity contribution >= 4 is 28.3 Å². The third kappa shape index (κ3) is 3.58. The Labute approximate surface area is 157 Å². The molecule has 1 saturated heterocycles. The summed E-state index contributed by atoms with van der Waals surface area (Å²) in [7, 11) is 0. The van der Waals surface area contributed by atoms with E-state index < -0.39 is 0 Å². The molecule has 3 N–H and O–H groups in total. The zero-order valence-electron chi connectivity index (χ0n) is 14.2. The molecule has 2 unspecified atom stereocenters. The van der Waals surface area contributed by atoms with Crippen molar-refractivity contribution in [3.8, 4) is 0 Å². The van der Waals surface area contributed by atoms with Gasteiger partial charge in [-0.15, -0.1) is 0 Å². The van der Waals surface area contributed by atoms with Crippen LogP contribution in [0.15, 0.2) is 66.7 Å². The molecule has 1 fully saturated rings. The fourth-order valence-corrected chi connectivity index (χ4v) is 3.53. The smallest absolute Gasteiger partial charge is 0.238 e. The molecule has 1 aliphatic rings. The maximum atomic E-state index is 12.5. The minimum atomic E-state index is -0.258. The maximum Gasteiger partial charge on any atom is 0.238 e. The number of carbonyl (C=O) groups is 1. The van der Waals surface area contributed by atoms with Crippen LogP contribution in [-0.4, -0.2) is 11.9 Å². The molecule has 0 aromatic heterocycles. The van der Waals surface area contributed by atoms with Crippen LogP contribution >= 0.6 is 11.6 Å². The van der Waals surface area contributed by atoms with Gasteiger partial charge in [0.1, 0.15) is 6.04 Å². The van der Waals surface area contributed by atoms with Gasteiger partial charge in [-0.2, -0.15) is 0 Å². The van der Waals surface area contributed by atoms with Crippen molar-refractivity contribution in [2.24, 2.45) is 0 Å². The maximum absolute atomic E-state index is 12.5. The topological polar surface area (TPSA) is 53.2 Å². The van der Waals surface area contributed by atoms with Crippen molar-refractivity contribution in [2.75, 3.05) is 0 Å². The number of halogens is 1. The summed E-state index contributed by atoms with van der Waals surface area (Å²) >= 11 is 5.89. The minimum Gasteiger partial charge on any atom is -0.351 e. The molecule has 0 aliphatic carbocycles. The Bertz CT molecular complexity index is 921. The average molecular weight is 366 g/mol. The van der Waals surface area contributed by atoms with Crippen LogP contribution in [0.1, 0.15) is 23.6 Å². The minimum absolute atomic E-state index is 0.00446. The van der Waals surface area contributed by atoms with Gasteiger partial charge < -0.3 is 5.32 Å². The molecule has 2 atom stereocenters. The highest BCUT2D eigenvalue weighted by Gasteiger charge is 2.30. The second kappa shape index (κ2) is 7.46. The normalized spacial score (nSPS) is 19.6. The summed E-state index contributed by atoms with van der Waals surface area (Å²) in [6, 6.07) is 22.0. The van der Waals surface area contributed by atoms with Crippen LogP contribution in [0.2, 0.25) is 5.02 Å². The number of carbonyl (C=O) groups excluding carboxylic acids is 1. The van der Waals surface area contributed by atoms with Crippen molar-refractivity contribution in [1.82, 2.24) is 16.2 Å².